The molecule has 5 nitrogen and oxygen atoms in total. The molecule has 1 aliphatic rings. The van der Waals surface area contributed by atoms with Crippen molar-refractivity contribution in [2.45, 2.75) is 13.5 Å². The first-order valence-electron chi connectivity index (χ1n) is 11.1. The van der Waals surface area contributed by atoms with Crippen LogP contribution in [0.25, 0.3) is 17.0 Å². The topological polar surface area (TPSA) is 46.5 Å². The van der Waals surface area contributed by atoms with Gasteiger partial charge in [-0.15, -0.1) is 0 Å². The van der Waals surface area contributed by atoms with Crippen molar-refractivity contribution in [1.29, 1.82) is 0 Å². The molecular weight excluding hydrogens is 529 g/mol. The third-order valence-corrected chi connectivity index (χ3v) is 6.50. The predicted molar refractivity (Wildman–Crippen MR) is 144 cm³/mol. The molecule has 0 aliphatic carbocycles. The number of hydrogen-bond acceptors (Lipinski definition) is 3. The Kier molecular flexibility index (Phi) is 6.40. The molecule has 1 aliphatic heterocycles. The van der Waals surface area contributed by atoms with E-state index in [4.69, 9.17) is 17.0 Å². The molecule has 176 valence electrons. The van der Waals surface area contributed by atoms with Gasteiger partial charge in [0, 0.05) is 33.7 Å². The van der Waals surface area contributed by atoms with Gasteiger partial charge in [0.15, 0.2) is 5.11 Å². The van der Waals surface area contributed by atoms with Gasteiger partial charge in [-0.3, -0.25) is 9.69 Å². The summed E-state index contributed by atoms with van der Waals surface area (Å²) in [7, 11) is 0. The lowest BCUT2D eigenvalue weighted by molar-refractivity contribution is -0.113. The summed E-state index contributed by atoms with van der Waals surface area (Å²) in [6.45, 7) is 3.06. The van der Waals surface area contributed by atoms with E-state index in [9.17, 15) is 9.18 Å². The molecule has 8 heteroatoms. The second-order valence-electron chi connectivity index (χ2n) is 8.06. The van der Waals surface area contributed by atoms with Crippen LogP contribution in [-0.4, -0.2) is 22.2 Å². The van der Waals surface area contributed by atoms with Crippen LogP contribution in [-0.2, 0) is 11.3 Å². The second-order valence-corrected chi connectivity index (χ2v) is 9.36. The number of rotatable bonds is 6. The summed E-state index contributed by atoms with van der Waals surface area (Å²) in [5, 5.41) is 4.36. The average Bonchev–Trinajstić information content (AvgIpc) is 3.31. The van der Waals surface area contributed by atoms with Crippen molar-refractivity contribution in [3.8, 4) is 5.75 Å². The van der Waals surface area contributed by atoms with Crippen molar-refractivity contribution in [3.63, 3.8) is 0 Å². The summed E-state index contributed by atoms with van der Waals surface area (Å²) in [4.78, 5) is 14.8. The van der Waals surface area contributed by atoms with Crippen molar-refractivity contribution < 1.29 is 13.9 Å². The molecule has 1 N–H and O–H groups in total. The number of anilines is 1. The van der Waals surface area contributed by atoms with E-state index in [2.05, 4.69) is 25.8 Å². The third-order valence-electron chi connectivity index (χ3n) is 5.72. The zero-order chi connectivity index (χ0) is 24.5. The zero-order valence-electron chi connectivity index (χ0n) is 18.8. The Labute approximate surface area is 215 Å². The molecule has 0 spiro atoms. The molecule has 1 saturated heterocycles. The Balaban J connectivity index is 1.49. The Hall–Kier alpha value is -3.49. The number of thiocarbonyl (C=S) groups is 1. The van der Waals surface area contributed by atoms with Crippen molar-refractivity contribution >= 4 is 61.8 Å². The number of hydrogen-bond donors (Lipinski definition) is 1. The monoisotopic (exact) mass is 549 g/mol. The van der Waals surface area contributed by atoms with E-state index < -0.39 is 0 Å². The molecule has 35 heavy (non-hydrogen) atoms. The average molecular weight is 550 g/mol. The molecular formula is C27H21BrFN3O2S. The summed E-state index contributed by atoms with van der Waals surface area (Å²) in [6, 6.07) is 19.7. The number of nitrogens with zero attached hydrogens (tertiary/aromatic N) is 2. The quantitative estimate of drug-likeness (QED) is 0.228. The Bertz CT molecular complexity index is 1460. The van der Waals surface area contributed by atoms with E-state index in [1.807, 2.05) is 61.7 Å². The second kappa shape index (κ2) is 9.64. The summed E-state index contributed by atoms with van der Waals surface area (Å²) >= 11 is 9.02. The van der Waals surface area contributed by atoms with E-state index in [1.54, 1.807) is 12.1 Å². The highest BCUT2D eigenvalue weighted by molar-refractivity contribution is 9.10. The fraction of sp³-hybridized carbons (Fsp3) is 0.111. The lowest BCUT2D eigenvalue weighted by atomic mass is 10.1. The molecule has 2 heterocycles. The van der Waals surface area contributed by atoms with Gasteiger partial charge in [0.25, 0.3) is 5.91 Å². The van der Waals surface area contributed by atoms with Gasteiger partial charge < -0.3 is 14.6 Å². The number of amides is 1. The van der Waals surface area contributed by atoms with E-state index >= 15 is 0 Å². The smallest absolute Gasteiger partial charge is 0.281 e. The highest BCUT2D eigenvalue weighted by atomic mass is 79.9. The molecule has 4 aromatic rings. The minimum atomic E-state index is -0.265. The minimum absolute atomic E-state index is 0.228. The summed E-state index contributed by atoms with van der Waals surface area (Å²) in [5.74, 6) is 0.241. The molecule has 0 unspecified atom stereocenters. The van der Waals surface area contributed by atoms with Crippen LogP contribution in [0.15, 0.2) is 83.1 Å². The van der Waals surface area contributed by atoms with Crippen molar-refractivity contribution in [1.82, 2.24) is 9.88 Å². The zero-order valence-corrected chi connectivity index (χ0v) is 21.2. The van der Waals surface area contributed by atoms with Gasteiger partial charge in [-0.2, -0.15) is 0 Å². The number of fused-ring (bicyclic) bond motifs is 1. The summed E-state index contributed by atoms with van der Waals surface area (Å²) in [6.07, 6.45) is 3.81. The normalized spacial score (nSPS) is 14.7. The van der Waals surface area contributed by atoms with E-state index in [0.29, 0.717) is 29.6 Å². The van der Waals surface area contributed by atoms with Gasteiger partial charge in [-0.05, 0) is 85.4 Å². The van der Waals surface area contributed by atoms with Gasteiger partial charge in [-0.25, -0.2) is 4.39 Å². The number of carbonyl (C=O) groups excluding carboxylic acids is 1. The van der Waals surface area contributed by atoms with Crippen LogP contribution < -0.4 is 15.0 Å². The van der Waals surface area contributed by atoms with E-state index in [-0.39, 0.29) is 11.7 Å². The number of nitrogens with one attached hydrogen (secondary N) is 1. The molecule has 0 saturated carbocycles. The van der Waals surface area contributed by atoms with E-state index in [0.717, 1.165) is 32.3 Å². The van der Waals surface area contributed by atoms with Crippen molar-refractivity contribution in [2.75, 3.05) is 11.5 Å². The fourth-order valence-corrected chi connectivity index (χ4v) is 4.77. The standard InChI is InChI=1S/C27H21BrFN3O2S/c1-2-34-22-10-8-21(9-11-22)32-26(33)24(30-27(32)35)13-18-16-31(15-17-3-6-20(29)7-4-17)25-12-5-19(28)14-23(18)25/h3-14,16H,2,15H2,1H3,(H,30,35)/b24-13-. The SMILES string of the molecule is CCOc1ccc(N2C(=O)/C(=C/c3cn(Cc4ccc(F)cc4)c4ccc(Br)cc34)NC2=S)cc1. The summed E-state index contributed by atoms with van der Waals surface area (Å²) in [5.41, 5.74) is 3.91. The highest BCUT2D eigenvalue weighted by Crippen LogP contribution is 2.30. The molecule has 0 bridgehead atoms. The van der Waals surface area contributed by atoms with Crippen LogP contribution >= 0.6 is 28.1 Å². The number of ether oxygens (including phenoxy) is 1. The first kappa shape index (κ1) is 23.3. The fourth-order valence-electron chi connectivity index (χ4n) is 4.11. The summed E-state index contributed by atoms with van der Waals surface area (Å²) < 4.78 is 21.9. The maximum atomic E-state index is 13.4. The lowest BCUT2D eigenvalue weighted by Gasteiger charge is -2.14. The molecule has 0 atom stereocenters. The molecule has 1 amide bonds. The maximum absolute atomic E-state index is 13.4. The van der Waals surface area contributed by atoms with Crippen LogP contribution in [0.5, 0.6) is 5.75 Å². The Morgan fingerprint density at radius 3 is 2.54 bits per heavy atom. The molecule has 0 radical (unpaired) electrons. The van der Waals surface area contributed by atoms with Gasteiger partial charge in [0.1, 0.15) is 17.3 Å². The van der Waals surface area contributed by atoms with Crippen LogP contribution in [0.4, 0.5) is 10.1 Å². The van der Waals surface area contributed by atoms with E-state index in [1.165, 1.54) is 17.0 Å². The Morgan fingerprint density at radius 1 is 1.09 bits per heavy atom. The predicted octanol–water partition coefficient (Wildman–Crippen LogP) is 6.25. The number of carbonyl (C=O) groups is 1. The van der Waals surface area contributed by atoms with Crippen LogP contribution in [0.1, 0.15) is 18.1 Å². The lowest BCUT2D eigenvalue weighted by Crippen LogP contribution is -2.30. The largest absolute Gasteiger partial charge is 0.494 e. The maximum Gasteiger partial charge on any atom is 0.281 e. The first-order chi connectivity index (χ1) is 16.9. The minimum Gasteiger partial charge on any atom is -0.494 e. The number of benzene rings is 3. The highest BCUT2D eigenvalue weighted by Gasteiger charge is 2.32. The Morgan fingerprint density at radius 2 is 1.83 bits per heavy atom. The number of aromatic nitrogens is 1. The molecule has 5 rings (SSSR count). The van der Waals surface area contributed by atoms with Crippen LogP contribution in [0.3, 0.4) is 0 Å². The van der Waals surface area contributed by atoms with Gasteiger partial charge in [0.05, 0.1) is 12.3 Å². The first-order valence-corrected chi connectivity index (χ1v) is 12.3. The molecule has 1 fully saturated rings. The number of halogens is 2. The van der Waals surface area contributed by atoms with Gasteiger partial charge in [-0.1, -0.05) is 28.1 Å². The van der Waals surface area contributed by atoms with Crippen molar-refractivity contribution in [3.05, 3.63) is 100 Å². The van der Waals surface area contributed by atoms with Gasteiger partial charge >= 0.3 is 0 Å². The van der Waals surface area contributed by atoms with Crippen LogP contribution in [0.2, 0.25) is 0 Å². The third kappa shape index (κ3) is 4.72. The molecule has 1 aromatic heterocycles. The van der Waals surface area contributed by atoms with Gasteiger partial charge in [0.2, 0.25) is 0 Å². The van der Waals surface area contributed by atoms with Crippen LogP contribution in [0, 0.1) is 5.82 Å². The molecule has 3 aromatic carbocycles. The van der Waals surface area contributed by atoms with Crippen molar-refractivity contribution in [2.24, 2.45) is 0 Å².